The average molecular weight is 456 g/mol. The molecule has 2 amide bonds. The van der Waals surface area contributed by atoms with Crippen molar-refractivity contribution in [1.29, 1.82) is 0 Å². The minimum atomic E-state index is -0.0239. The molecule has 3 aromatic rings. The number of benzene rings is 2. The Hall–Kier alpha value is -3.17. The molecule has 2 heterocycles. The van der Waals surface area contributed by atoms with Gasteiger partial charge in [0, 0.05) is 37.7 Å². The number of piperazine rings is 1. The molecule has 1 fully saturated rings. The Morgan fingerprint density at radius 3 is 2.47 bits per heavy atom. The van der Waals surface area contributed by atoms with E-state index in [4.69, 9.17) is 16.3 Å². The molecule has 2 aromatic carbocycles. The summed E-state index contributed by atoms with van der Waals surface area (Å²) in [5.41, 5.74) is 2.03. The van der Waals surface area contributed by atoms with Crippen LogP contribution in [-0.2, 0) is 13.0 Å². The zero-order valence-electron chi connectivity index (χ0n) is 17.9. The molecular weight excluding hydrogens is 430 g/mol. The molecule has 1 aliphatic heterocycles. The fraction of sp³-hybridized carbons (Fsp3) is 0.364. The van der Waals surface area contributed by atoms with Crippen molar-refractivity contribution in [2.45, 2.75) is 13.0 Å². The van der Waals surface area contributed by atoms with E-state index < -0.39 is 0 Å². The van der Waals surface area contributed by atoms with Gasteiger partial charge in [-0.3, -0.25) is 4.90 Å². The van der Waals surface area contributed by atoms with Gasteiger partial charge in [0.1, 0.15) is 5.75 Å². The fourth-order valence-electron chi connectivity index (χ4n) is 3.61. The van der Waals surface area contributed by atoms with Gasteiger partial charge in [-0.05, 0) is 58.8 Å². The lowest BCUT2D eigenvalue weighted by Crippen LogP contribution is -2.51. The van der Waals surface area contributed by atoms with Gasteiger partial charge in [-0.2, -0.15) is 4.68 Å². The maximum atomic E-state index is 12.5. The van der Waals surface area contributed by atoms with E-state index in [9.17, 15) is 4.79 Å². The van der Waals surface area contributed by atoms with E-state index in [1.165, 1.54) is 0 Å². The highest BCUT2D eigenvalue weighted by atomic mass is 35.5. The fourth-order valence-corrected chi connectivity index (χ4v) is 3.74. The number of rotatable bonds is 7. The molecule has 1 aromatic heterocycles. The number of carbonyl (C=O) groups excluding carboxylic acids is 1. The van der Waals surface area contributed by atoms with E-state index in [1.54, 1.807) is 11.8 Å². The molecule has 4 rings (SSSR count). The number of hydrogen-bond donors (Lipinski definition) is 1. The first-order valence-corrected chi connectivity index (χ1v) is 10.9. The number of carbonyl (C=O) groups is 1. The maximum Gasteiger partial charge on any atom is 0.317 e. The standard InChI is InChI=1S/C22H26ClN7O2/c1-32-20-8-2-17(3-9-20)10-11-24-22(31)29-14-12-28(13-15-29)16-21-25-26-27-30(21)19-6-4-18(23)5-7-19/h2-9H,10-16H2,1H3,(H,24,31). The Kier molecular flexibility index (Phi) is 7.18. The number of methoxy groups -OCH3 is 1. The van der Waals surface area contributed by atoms with E-state index in [1.807, 2.05) is 53.4 Å². The summed E-state index contributed by atoms with van der Waals surface area (Å²) in [4.78, 5) is 16.6. The summed E-state index contributed by atoms with van der Waals surface area (Å²) < 4.78 is 6.89. The molecule has 1 N–H and O–H groups in total. The van der Waals surface area contributed by atoms with E-state index in [0.717, 1.165) is 42.3 Å². The van der Waals surface area contributed by atoms with Crippen LogP contribution < -0.4 is 10.1 Å². The van der Waals surface area contributed by atoms with Gasteiger partial charge < -0.3 is 15.0 Å². The number of amides is 2. The average Bonchev–Trinajstić information content (AvgIpc) is 3.28. The van der Waals surface area contributed by atoms with Crippen molar-refractivity contribution in [1.82, 2.24) is 35.3 Å². The van der Waals surface area contributed by atoms with Crippen LogP contribution in [-0.4, -0.2) is 75.9 Å². The van der Waals surface area contributed by atoms with Crippen molar-refractivity contribution in [3.63, 3.8) is 0 Å². The zero-order chi connectivity index (χ0) is 22.3. The van der Waals surface area contributed by atoms with Gasteiger partial charge in [0.05, 0.1) is 19.3 Å². The summed E-state index contributed by atoms with van der Waals surface area (Å²) in [5, 5.41) is 15.8. The third-order valence-corrected chi connectivity index (χ3v) is 5.73. The lowest BCUT2D eigenvalue weighted by Gasteiger charge is -2.34. The summed E-state index contributed by atoms with van der Waals surface area (Å²) in [5.74, 6) is 1.59. The Balaban J connectivity index is 1.22. The van der Waals surface area contributed by atoms with Gasteiger partial charge in [-0.15, -0.1) is 5.10 Å². The molecule has 0 atom stereocenters. The van der Waals surface area contributed by atoms with Crippen LogP contribution >= 0.6 is 11.6 Å². The number of nitrogens with one attached hydrogen (secondary N) is 1. The molecule has 0 aliphatic carbocycles. The van der Waals surface area contributed by atoms with E-state index in [-0.39, 0.29) is 6.03 Å². The van der Waals surface area contributed by atoms with Gasteiger partial charge >= 0.3 is 6.03 Å². The molecular formula is C22H26ClN7O2. The highest BCUT2D eigenvalue weighted by Gasteiger charge is 2.22. The lowest BCUT2D eigenvalue weighted by molar-refractivity contribution is 0.133. The number of tetrazole rings is 1. The number of aromatic nitrogens is 4. The summed E-state index contributed by atoms with van der Waals surface area (Å²) >= 11 is 5.97. The zero-order valence-corrected chi connectivity index (χ0v) is 18.7. The summed E-state index contributed by atoms with van der Waals surface area (Å²) in [6, 6.07) is 15.3. The molecule has 9 nitrogen and oxygen atoms in total. The third-order valence-electron chi connectivity index (χ3n) is 5.48. The summed E-state index contributed by atoms with van der Waals surface area (Å²) in [6.45, 7) is 4.07. The Labute approximate surface area is 191 Å². The first-order valence-electron chi connectivity index (χ1n) is 10.5. The number of nitrogens with zero attached hydrogens (tertiary/aromatic N) is 6. The molecule has 0 spiro atoms. The van der Waals surface area contributed by atoms with Crippen molar-refractivity contribution >= 4 is 17.6 Å². The van der Waals surface area contributed by atoms with Crippen LogP contribution in [0.25, 0.3) is 5.69 Å². The van der Waals surface area contributed by atoms with Gasteiger partial charge in [-0.1, -0.05) is 23.7 Å². The quantitative estimate of drug-likeness (QED) is 0.588. The van der Waals surface area contributed by atoms with Crippen molar-refractivity contribution in [3.05, 3.63) is 64.9 Å². The van der Waals surface area contributed by atoms with E-state index in [0.29, 0.717) is 31.2 Å². The summed E-state index contributed by atoms with van der Waals surface area (Å²) in [6.07, 6.45) is 0.781. The molecule has 10 heteroatoms. The second-order valence-electron chi connectivity index (χ2n) is 7.58. The number of halogens is 1. The molecule has 0 radical (unpaired) electrons. The second kappa shape index (κ2) is 10.4. The number of urea groups is 1. The largest absolute Gasteiger partial charge is 0.497 e. The normalized spacial score (nSPS) is 14.4. The summed E-state index contributed by atoms with van der Waals surface area (Å²) in [7, 11) is 1.65. The van der Waals surface area contributed by atoms with Crippen LogP contribution in [0.4, 0.5) is 4.79 Å². The molecule has 0 saturated carbocycles. The van der Waals surface area contributed by atoms with Crippen molar-refractivity contribution < 1.29 is 9.53 Å². The minimum absolute atomic E-state index is 0.0239. The lowest BCUT2D eigenvalue weighted by atomic mass is 10.1. The second-order valence-corrected chi connectivity index (χ2v) is 8.01. The maximum absolute atomic E-state index is 12.5. The van der Waals surface area contributed by atoms with Crippen molar-refractivity contribution in [3.8, 4) is 11.4 Å². The molecule has 32 heavy (non-hydrogen) atoms. The Morgan fingerprint density at radius 1 is 1.06 bits per heavy atom. The van der Waals surface area contributed by atoms with Crippen molar-refractivity contribution in [2.24, 2.45) is 0 Å². The van der Waals surface area contributed by atoms with Crippen molar-refractivity contribution in [2.75, 3.05) is 39.8 Å². The smallest absolute Gasteiger partial charge is 0.317 e. The van der Waals surface area contributed by atoms with Crippen LogP contribution in [0.3, 0.4) is 0 Å². The van der Waals surface area contributed by atoms with Crippen LogP contribution in [0, 0.1) is 0 Å². The first kappa shape index (κ1) is 22.0. The molecule has 0 unspecified atom stereocenters. The van der Waals surface area contributed by atoms with E-state index in [2.05, 4.69) is 25.7 Å². The number of hydrogen-bond acceptors (Lipinski definition) is 6. The highest BCUT2D eigenvalue weighted by Crippen LogP contribution is 2.15. The van der Waals surface area contributed by atoms with E-state index >= 15 is 0 Å². The van der Waals surface area contributed by atoms with Crippen LogP contribution in [0.15, 0.2) is 48.5 Å². The molecule has 1 saturated heterocycles. The van der Waals surface area contributed by atoms with Gasteiger partial charge in [0.25, 0.3) is 0 Å². The minimum Gasteiger partial charge on any atom is -0.497 e. The van der Waals surface area contributed by atoms with Crippen LogP contribution in [0.5, 0.6) is 5.75 Å². The van der Waals surface area contributed by atoms with Gasteiger partial charge in [-0.25, -0.2) is 4.79 Å². The number of ether oxygens (including phenoxy) is 1. The molecule has 168 valence electrons. The Bertz CT molecular complexity index is 1020. The highest BCUT2D eigenvalue weighted by molar-refractivity contribution is 6.30. The SMILES string of the molecule is COc1ccc(CCNC(=O)N2CCN(Cc3nnnn3-c3ccc(Cl)cc3)CC2)cc1. The molecule has 1 aliphatic rings. The monoisotopic (exact) mass is 455 g/mol. The predicted molar refractivity (Wildman–Crippen MR) is 121 cm³/mol. The van der Waals surface area contributed by atoms with Gasteiger partial charge in [0.15, 0.2) is 5.82 Å². The topological polar surface area (TPSA) is 88.4 Å². The Morgan fingerprint density at radius 2 is 1.78 bits per heavy atom. The van der Waals surface area contributed by atoms with Crippen LogP contribution in [0.2, 0.25) is 5.02 Å². The predicted octanol–water partition coefficient (Wildman–Crippen LogP) is 2.39. The van der Waals surface area contributed by atoms with Gasteiger partial charge in [0.2, 0.25) is 0 Å². The van der Waals surface area contributed by atoms with Crippen LogP contribution in [0.1, 0.15) is 11.4 Å². The first-order chi connectivity index (χ1) is 15.6. The third kappa shape index (κ3) is 5.54. The molecule has 0 bridgehead atoms.